The highest BCUT2D eigenvalue weighted by molar-refractivity contribution is 5.81. The molecule has 1 aliphatic rings. The van der Waals surface area contributed by atoms with Gasteiger partial charge in [0.1, 0.15) is 0 Å². The molecule has 1 amide bonds. The molecular weight excluding hydrogens is 156 g/mol. The third-order valence-corrected chi connectivity index (χ3v) is 2.05. The van der Waals surface area contributed by atoms with E-state index in [-0.39, 0.29) is 18.0 Å². The van der Waals surface area contributed by atoms with Gasteiger partial charge in [-0.15, -0.1) is 0 Å². The highest BCUT2D eigenvalue weighted by Crippen LogP contribution is 2.03. The molecule has 0 aromatic heterocycles. The summed E-state index contributed by atoms with van der Waals surface area (Å²) in [5.74, 6) is -0.0620. The van der Waals surface area contributed by atoms with E-state index in [0.717, 1.165) is 13.0 Å². The summed E-state index contributed by atoms with van der Waals surface area (Å²) >= 11 is 0. The molecule has 70 valence electrons. The van der Waals surface area contributed by atoms with Gasteiger partial charge in [0.15, 0.2) is 0 Å². The van der Waals surface area contributed by atoms with E-state index in [1.54, 1.807) is 0 Å². The van der Waals surface area contributed by atoms with E-state index in [2.05, 4.69) is 5.32 Å². The van der Waals surface area contributed by atoms with Crippen LogP contribution in [0, 0.1) is 0 Å². The highest BCUT2D eigenvalue weighted by atomic mass is 16.5. The van der Waals surface area contributed by atoms with Crippen LogP contribution in [0.25, 0.3) is 0 Å². The number of carbonyl (C=O) groups excluding carboxylic acids is 1. The first-order valence-corrected chi connectivity index (χ1v) is 4.37. The number of ether oxygens (including phenoxy) is 1. The van der Waals surface area contributed by atoms with Gasteiger partial charge in [0.2, 0.25) is 5.91 Å². The number of nitrogens with two attached hydrogens (primary N) is 1. The number of rotatable bonds is 3. The van der Waals surface area contributed by atoms with Crippen molar-refractivity contribution in [2.45, 2.75) is 31.8 Å². The summed E-state index contributed by atoms with van der Waals surface area (Å²) in [4.78, 5) is 11.2. The summed E-state index contributed by atoms with van der Waals surface area (Å²) in [6.45, 7) is 3.27. The van der Waals surface area contributed by atoms with Gasteiger partial charge in [0, 0.05) is 6.61 Å². The lowest BCUT2D eigenvalue weighted by atomic mass is 10.2. The zero-order valence-electron chi connectivity index (χ0n) is 7.38. The zero-order valence-corrected chi connectivity index (χ0v) is 7.38. The number of nitrogens with one attached hydrogen (secondary N) is 1. The summed E-state index contributed by atoms with van der Waals surface area (Å²) in [5.41, 5.74) is 5.54. The molecule has 4 heteroatoms. The molecule has 1 aliphatic heterocycles. The topological polar surface area (TPSA) is 64.4 Å². The van der Waals surface area contributed by atoms with Crippen molar-refractivity contribution in [2.75, 3.05) is 13.2 Å². The minimum absolute atomic E-state index is 0.0620. The smallest absolute Gasteiger partial charge is 0.237 e. The van der Waals surface area contributed by atoms with E-state index in [1.165, 1.54) is 0 Å². The van der Waals surface area contributed by atoms with Crippen molar-refractivity contribution < 1.29 is 9.53 Å². The average molecular weight is 172 g/mol. The van der Waals surface area contributed by atoms with Crippen molar-refractivity contribution >= 4 is 5.91 Å². The Morgan fingerprint density at radius 3 is 3.08 bits per heavy atom. The molecular formula is C8H16N2O2. The normalized spacial score (nSPS) is 25.3. The third-order valence-electron chi connectivity index (χ3n) is 2.05. The lowest BCUT2D eigenvalue weighted by molar-refractivity contribution is -0.123. The molecule has 0 radical (unpaired) electrons. The molecule has 0 aromatic carbocycles. The van der Waals surface area contributed by atoms with Gasteiger partial charge in [-0.1, -0.05) is 6.92 Å². The Labute approximate surface area is 72.5 Å². The second kappa shape index (κ2) is 4.42. The monoisotopic (exact) mass is 172 g/mol. The zero-order chi connectivity index (χ0) is 8.97. The molecule has 1 unspecified atom stereocenters. The van der Waals surface area contributed by atoms with Crippen LogP contribution in [0.15, 0.2) is 0 Å². The van der Waals surface area contributed by atoms with Crippen LogP contribution in [-0.4, -0.2) is 31.2 Å². The first-order chi connectivity index (χ1) is 5.74. The Morgan fingerprint density at radius 1 is 1.83 bits per heavy atom. The average Bonchev–Trinajstić information content (AvgIpc) is 2.55. The van der Waals surface area contributed by atoms with Crippen LogP contribution in [0.4, 0.5) is 0 Å². The van der Waals surface area contributed by atoms with E-state index < -0.39 is 0 Å². The maximum atomic E-state index is 11.2. The van der Waals surface area contributed by atoms with E-state index in [0.29, 0.717) is 13.0 Å². The van der Waals surface area contributed by atoms with Crippen LogP contribution in [-0.2, 0) is 9.53 Å². The number of carbonyl (C=O) groups is 1. The SMILES string of the molecule is CC[C@H](N)C(=O)NC1CCOC1. The fourth-order valence-electron chi connectivity index (χ4n) is 1.14. The standard InChI is InChI=1S/C8H16N2O2/c1-2-7(9)8(11)10-6-3-4-12-5-6/h6-7H,2-5,9H2,1H3,(H,10,11)/t6?,7-/m0/s1. The molecule has 2 atom stereocenters. The largest absolute Gasteiger partial charge is 0.379 e. The van der Waals surface area contributed by atoms with Crippen LogP contribution < -0.4 is 11.1 Å². The molecule has 0 saturated carbocycles. The molecule has 0 spiro atoms. The summed E-state index contributed by atoms with van der Waals surface area (Å²) in [6, 6.07) is -0.194. The number of amides is 1. The van der Waals surface area contributed by atoms with Crippen LogP contribution in [0.5, 0.6) is 0 Å². The van der Waals surface area contributed by atoms with Gasteiger partial charge in [0.25, 0.3) is 0 Å². The number of hydrogen-bond donors (Lipinski definition) is 2. The van der Waals surface area contributed by atoms with Gasteiger partial charge in [-0.05, 0) is 12.8 Å². The van der Waals surface area contributed by atoms with Crippen LogP contribution >= 0.6 is 0 Å². The summed E-state index contributed by atoms with van der Waals surface area (Å²) < 4.78 is 5.12. The first kappa shape index (κ1) is 9.48. The molecule has 4 nitrogen and oxygen atoms in total. The molecule has 1 saturated heterocycles. The fourth-order valence-corrected chi connectivity index (χ4v) is 1.14. The maximum absolute atomic E-state index is 11.2. The summed E-state index contributed by atoms with van der Waals surface area (Å²) in [6.07, 6.45) is 1.58. The van der Waals surface area contributed by atoms with E-state index in [9.17, 15) is 4.79 Å². The molecule has 1 rings (SSSR count). The van der Waals surface area contributed by atoms with E-state index in [4.69, 9.17) is 10.5 Å². The van der Waals surface area contributed by atoms with Crippen molar-refractivity contribution in [1.82, 2.24) is 5.32 Å². The lowest BCUT2D eigenvalue weighted by Gasteiger charge is -2.13. The second-order valence-electron chi connectivity index (χ2n) is 3.08. The second-order valence-corrected chi connectivity index (χ2v) is 3.08. The summed E-state index contributed by atoms with van der Waals surface area (Å²) in [5, 5.41) is 2.84. The third kappa shape index (κ3) is 2.46. The van der Waals surface area contributed by atoms with Gasteiger partial charge in [-0.2, -0.15) is 0 Å². The van der Waals surface area contributed by atoms with Gasteiger partial charge in [0.05, 0.1) is 18.7 Å². The van der Waals surface area contributed by atoms with Gasteiger partial charge < -0.3 is 15.8 Å². The fraction of sp³-hybridized carbons (Fsp3) is 0.875. The molecule has 0 aliphatic carbocycles. The minimum atomic E-state index is -0.370. The van der Waals surface area contributed by atoms with Crippen molar-refractivity contribution in [3.05, 3.63) is 0 Å². The molecule has 3 N–H and O–H groups in total. The molecule has 1 heterocycles. The first-order valence-electron chi connectivity index (χ1n) is 4.37. The maximum Gasteiger partial charge on any atom is 0.237 e. The molecule has 1 fully saturated rings. The van der Waals surface area contributed by atoms with Crippen LogP contribution in [0.1, 0.15) is 19.8 Å². The van der Waals surface area contributed by atoms with E-state index in [1.807, 2.05) is 6.92 Å². The van der Waals surface area contributed by atoms with Gasteiger partial charge in [-0.3, -0.25) is 4.79 Å². The predicted octanol–water partition coefficient (Wildman–Crippen LogP) is -0.371. The van der Waals surface area contributed by atoms with Gasteiger partial charge in [-0.25, -0.2) is 0 Å². The quantitative estimate of drug-likeness (QED) is 0.610. The molecule has 0 aromatic rings. The minimum Gasteiger partial charge on any atom is -0.379 e. The van der Waals surface area contributed by atoms with Crippen LogP contribution in [0.3, 0.4) is 0 Å². The molecule has 0 bridgehead atoms. The van der Waals surface area contributed by atoms with Crippen molar-refractivity contribution in [2.24, 2.45) is 5.73 Å². The Hall–Kier alpha value is -0.610. The molecule has 12 heavy (non-hydrogen) atoms. The summed E-state index contributed by atoms with van der Waals surface area (Å²) in [7, 11) is 0. The van der Waals surface area contributed by atoms with E-state index >= 15 is 0 Å². The van der Waals surface area contributed by atoms with Gasteiger partial charge >= 0.3 is 0 Å². The Balaban J connectivity index is 2.25. The lowest BCUT2D eigenvalue weighted by Crippen LogP contribution is -2.45. The number of hydrogen-bond acceptors (Lipinski definition) is 3. The predicted molar refractivity (Wildman–Crippen MR) is 45.6 cm³/mol. The van der Waals surface area contributed by atoms with Crippen LogP contribution in [0.2, 0.25) is 0 Å². The van der Waals surface area contributed by atoms with Crippen molar-refractivity contribution in [3.8, 4) is 0 Å². The Kier molecular flexibility index (Phi) is 3.49. The highest BCUT2D eigenvalue weighted by Gasteiger charge is 2.20. The Bertz CT molecular complexity index is 155. The Morgan fingerprint density at radius 2 is 2.58 bits per heavy atom. The van der Waals surface area contributed by atoms with Crippen molar-refractivity contribution in [1.29, 1.82) is 0 Å². The van der Waals surface area contributed by atoms with Crippen molar-refractivity contribution in [3.63, 3.8) is 0 Å².